The fourth-order valence-electron chi connectivity index (χ4n) is 6.08. The van der Waals surface area contributed by atoms with Crippen LogP contribution in [0.1, 0.15) is 98.3 Å². The standard InChI is InChI=1S/C31H51N3/c1-6-9-14-26(12-7-2)20-25(8-3)21-28-16-11-15-27(19-18-23(28)4)29-22-32-34-31(29)30-17-10-13-24(5)33-30/h11,14,16,18-19,24-25,27-30,32-33H,4,6-10,12-13,15,17,20-22H2,1-3,5H3/b16-11+,19-18-,26-14+. The van der Waals surface area contributed by atoms with E-state index >= 15 is 0 Å². The van der Waals surface area contributed by atoms with E-state index in [4.69, 9.17) is 5.10 Å². The van der Waals surface area contributed by atoms with Gasteiger partial charge in [0.15, 0.2) is 0 Å². The zero-order chi connectivity index (χ0) is 24.3. The molecular formula is C31H51N3. The van der Waals surface area contributed by atoms with Crippen molar-refractivity contribution >= 4 is 5.71 Å². The van der Waals surface area contributed by atoms with Gasteiger partial charge in [-0.15, -0.1) is 0 Å². The summed E-state index contributed by atoms with van der Waals surface area (Å²) >= 11 is 0. The molecule has 0 aromatic carbocycles. The van der Waals surface area contributed by atoms with Gasteiger partial charge in [-0.1, -0.05) is 82.6 Å². The predicted molar refractivity (Wildman–Crippen MR) is 149 cm³/mol. The monoisotopic (exact) mass is 465 g/mol. The van der Waals surface area contributed by atoms with Crippen LogP contribution in [0.2, 0.25) is 0 Å². The smallest absolute Gasteiger partial charge is 0.0602 e. The molecule has 3 heteroatoms. The highest BCUT2D eigenvalue weighted by atomic mass is 15.3. The average molecular weight is 466 g/mol. The molecule has 0 amide bonds. The van der Waals surface area contributed by atoms with Crippen LogP contribution in [0.15, 0.2) is 53.2 Å². The number of hydrogen-bond donors (Lipinski definition) is 2. The van der Waals surface area contributed by atoms with Gasteiger partial charge in [0.2, 0.25) is 0 Å². The third-order valence-corrected chi connectivity index (χ3v) is 8.21. The molecule has 0 aromatic rings. The maximum Gasteiger partial charge on any atom is 0.0602 e. The zero-order valence-electron chi connectivity index (χ0n) is 22.5. The van der Waals surface area contributed by atoms with E-state index in [1.165, 1.54) is 75.5 Å². The molecular weight excluding hydrogens is 414 g/mol. The fourth-order valence-corrected chi connectivity index (χ4v) is 6.08. The van der Waals surface area contributed by atoms with Crippen LogP contribution in [0.4, 0.5) is 0 Å². The van der Waals surface area contributed by atoms with Crippen LogP contribution in [0.25, 0.3) is 0 Å². The van der Waals surface area contributed by atoms with Gasteiger partial charge in [-0.05, 0) is 75.7 Å². The molecule has 2 heterocycles. The van der Waals surface area contributed by atoms with Gasteiger partial charge in [0, 0.05) is 30.5 Å². The summed E-state index contributed by atoms with van der Waals surface area (Å²) in [5, 5.41) is 8.57. The third-order valence-electron chi connectivity index (χ3n) is 8.21. The molecule has 6 unspecified atom stereocenters. The summed E-state index contributed by atoms with van der Waals surface area (Å²) in [4.78, 5) is 0. The molecule has 2 N–H and O–H groups in total. The lowest BCUT2D eigenvalue weighted by Crippen LogP contribution is -2.48. The Kier molecular flexibility index (Phi) is 11.2. The van der Waals surface area contributed by atoms with Crippen LogP contribution in [-0.4, -0.2) is 24.3 Å². The first kappa shape index (κ1) is 27.0. The van der Waals surface area contributed by atoms with Crippen LogP contribution in [0.5, 0.6) is 0 Å². The first-order chi connectivity index (χ1) is 16.5. The third kappa shape index (κ3) is 7.70. The van der Waals surface area contributed by atoms with E-state index in [-0.39, 0.29) is 0 Å². The van der Waals surface area contributed by atoms with Crippen molar-refractivity contribution in [2.45, 2.75) is 110 Å². The molecule has 0 aromatic heterocycles. The molecule has 3 nitrogen and oxygen atoms in total. The number of piperidine rings is 1. The summed E-state index contributed by atoms with van der Waals surface area (Å²) in [6.45, 7) is 14.7. The second-order valence-electron chi connectivity index (χ2n) is 11.0. The van der Waals surface area contributed by atoms with Crippen LogP contribution in [0, 0.1) is 23.7 Å². The molecule has 0 saturated carbocycles. The topological polar surface area (TPSA) is 36.4 Å². The molecule has 6 atom stereocenters. The number of rotatable bonds is 11. The van der Waals surface area contributed by atoms with Crippen molar-refractivity contribution in [2.75, 3.05) is 6.54 Å². The zero-order valence-corrected chi connectivity index (χ0v) is 22.5. The molecule has 3 rings (SSSR count). The molecule has 0 spiro atoms. The summed E-state index contributed by atoms with van der Waals surface area (Å²) in [5.74, 6) is 2.18. The Morgan fingerprint density at radius 2 is 2.06 bits per heavy atom. The molecule has 0 radical (unpaired) electrons. The second kappa shape index (κ2) is 14.1. The maximum absolute atomic E-state index is 4.77. The molecule has 190 valence electrons. The number of unbranched alkanes of at least 4 members (excludes halogenated alkanes) is 1. The lowest BCUT2D eigenvalue weighted by molar-refractivity contribution is 0.376. The van der Waals surface area contributed by atoms with Crippen molar-refractivity contribution in [3.05, 3.63) is 48.1 Å². The Labute approximate surface area is 210 Å². The molecule has 34 heavy (non-hydrogen) atoms. The minimum atomic E-state index is 0.436. The molecule has 0 bridgehead atoms. The van der Waals surface area contributed by atoms with E-state index in [1.54, 1.807) is 5.57 Å². The van der Waals surface area contributed by atoms with Gasteiger partial charge in [-0.2, -0.15) is 5.10 Å². The lowest BCUT2D eigenvalue weighted by atomic mass is 9.78. The Bertz CT molecular complexity index is 759. The Morgan fingerprint density at radius 1 is 1.21 bits per heavy atom. The van der Waals surface area contributed by atoms with Gasteiger partial charge in [0.25, 0.3) is 0 Å². The molecule has 3 aliphatic rings. The highest BCUT2D eigenvalue weighted by Gasteiger charge is 2.35. The van der Waals surface area contributed by atoms with Crippen molar-refractivity contribution in [3.63, 3.8) is 0 Å². The molecule has 2 aliphatic heterocycles. The normalized spacial score (nSPS) is 32.9. The number of nitrogens with zero attached hydrogens (tertiary/aromatic N) is 1. The minimum Gasteiger partial charge on any atom is -0.309 e. The molecule has 1 fully saturated rings. The predicted octanol–water partition coefficient (Wildman–Crippen LogP) is 7.73. The van der Waals surface area contributed by atoms with Crippen molar-refractivity contribution in [3.8, 4) is 0 Å². The van der Waals surface area contributed by atoms with E-state index < -0.39 is 0 Å². The Morgan fingerprint density at radius 3 is 2.79 bits per heavy atom. The van der Waals surface area contributed by atoms with Crippen molar-refractivity contribution in [1.29, 1.82) is 0 Å². The first-order valence-electron chi connectivity index (χ1n) is 14.3. The summed E-state index contributed by atoms with van der Waals surface area (Å²) in [5.41, 5.74) is 7.64. The lowest BCUT2D eigenvalue weighted by Gasteiger charge is -2.32. The van der Waals surface area contributed by atoms with Crippen LogP contribution in [0.3, 0.4) is 0 Å². The van der Waals surface area contributed by atoms with Gasteiger partial charge in [-0.3, -0.25) is 0 Å². The quantitative estimate of drug-likeness (QED) is 0.306. The van der Waals surface area contributed by atoms with Gasteiger partial charge in [0.1, 0.15) is 0 Å². The largest absolute Gasteiger partial charge is 0.309 e. The number of allylic oxidation sites excluding steroid dienone is 7. The summed E-state index contributed by atoms with van der Waals surface area (Å²) < 4.78 is 0. The first-order valence-corrected chi connectivity index (χ1v) is 14.3. The summed E-state index contributed by atoms with van der Waals surface area (Å²) in [6, 6.07) is 1.03. The van der Waals surface area contributed by atoms with Crippen LogP contribution >= 0.6 is 0 Å². The molecule has 1 saturated heterocycles. The molecule has 1 aliphatic carbocycles. The maximum atomic E-state index is 4.77. The fraction of sp³-hybridized carbons (Fsp3) is 0.710. The van der Waals surface area contributed by atoms with E-state index in [0.717, 1.165) is 18.9 Å². The highest BCUT2D eigenvalue weighted by Crippen LogP contribution is 2.33. The van der Waals surface area contributed by atoms with Gasteiger partial charge in [0.05, 0.1) is 5.71 Å². The summed E-state index contributed by atoms with van der Waals surface area (Å²) in [7, 11) is 0. The van der Waals surface area contributed by atoms with Gasteiger partial charge < -0.3 is 10.7 Å². The number of nitrogens with one attached hydrogen (secondary N) is 2. The average Bonchev–Trinajstić information content (AvgIpc) is 3.31. The van der Waals surface area contributed by atoms with E-state index in [0.29, 0.717) is 29.8 Å². The van der Waals surface area contributed by atoms with Crippen molar-refractivity contribution in [1.82, 2.24) is 10.7 Å². The van der Waals surface area contributed by atoms with Crippen LogP contribution in [-0.2, 0) is 0 Å². The number of hydrogen-bond acceptors (Lipinski definition) is 3. The minimum absolute atomic E-state index is 0.436. The van der Waals surface area contributed by atoms with Crippen molar-refractivity contribution < 1.29 is 0 Å². The number of hydrazone groups is 1. The SMILES string of the molecule is C=C1/C=C\C(C2CNN=C2C2CCCC(C)N2)C/C=C/C1CC(CC)C/C(=C/CCC)CCC. The van der Waals surface area contributed by atoms with E-state index in [1.807, 2.05) is 0 Å². The van der Waals surface area contributed by atoms with E-state index in [9.17, 15) is 0 Å². The summed E-state index contributed by atoms with van der Waals surface area (Å²) in [6.07, 6.45) is 25.8. The van der Waals surface area contributed by atoms with E-state index in [2.05, 4.69) is 75.4 Å². The van der Waals surface area contributed by atoms with Gasteiger partial charge in [-0.25, -0.2) is 0 Å². The Balaban J connectivity index is 1.61. The highest BCUT2D eigenvalue weighted by molar-refractivity contribution is 5.93. The van der Waals surface area contributed by atoms with Gasteiger partial charge >= 0.3 is 0 Å². The Hall–Kier alpha value is -1.61. The van der Waals surface area contributed by atoms with Crippen molar-refractivity contribution in [2.24, 2.45) is 28.8 Å². The second-order valence-corrected chi connectivity index (χ2v) is 11.0. The van der Waals surface area contributed by atoms with Crippen LogP contribution < -0.4 is 10.7 Å².